The summed E-state index contributed by atoms with van der Waals surface area (Å²) in [5.74, 6) is 0. The molecule has 0 saturated heterocycles. The van der Waals surface area contributed by atoms with Crippen molar-refractivity contribution in [2.24, 2.45) is 0 Å². The molecule has 0 fully saturated rings. The first-order chi connectivity index (χ1) is 8.65. The average molecular weight is 270 g/mol. The molecule has 0 radical (unpaired) electrons. The molecule has 102 valence electrons. The van der Waals surface area contributed by atoms with Crippen LogP contribution in [0.2, 0.25) is 6.04 Å². The quantitative estimate of drug-likeness (QED) is 0.429. The van der Waals surface area contributed by atoms with Gasteiger partial charge in [-0.1, -0.05) is 6.07 Å². The minimum atomic E-state index is -2.43. The minimum absolute atomic E-state index is 0.759. The lowest BCUT2D eigenvalue weighted by atomic mass is 10.3. The van der Waals surface area contributed by atoms with Crippen LogP contribution in [-0.2, 0) is 13.3 Å². The van der Waals surface area contributed by atoms with Crippen molar-refractivity contribution in [2.45, 2.75) is 12.5 Å². The Morgan fingerprint density at radius 2 is 1.83 bits per heavy atom. The summed E-state index contributed by atoms with van der Waals surface area (Å²) in [6.45, 7) is 0.828. The fraction of sp³-hybridized carbons (Fsp3) is 0.500. The molecule has 0 unspecified atom stereocenters. The Labute approximate surface area is 110 Å². The van der Waals surface area contributed by atoms with Crippen molar-refractivity contribution in [1.29, 1.82) is 0 Å². The van der Waals surface area contributed by atoms with Crippen LogP contribution in [0.5, 0.6) is 0 Å². The molecule has 0 aromatic heterocycles. The summed E-state index contributed by atoms with van der Waals surface area (Å²) in [5, 5.41) is 3.31. The molecule has 0 atom stereocenters. The summed E-state index contributed by atoms with van der Waals surface area (Å²) in [4.78, 5) is 0. The van der Waals surface area contributed by atoms with Crippen molar-refractivity contribution in [1.82, 2.24) is 0 Å². The Kier molecular flexibility index (Phi) is 6.13. The van der Waals surface area contributed by atoms with Crippen LogP contribution in [0.3, 0.4) is 0 Å². The van der Waals surface area contributed by atoms with Gasteiger partial charge in [0.2, 0.25) is 0 Å². The third-order valence-corrected chi connectivity index (χ3v) is 5.64. The highest BCUT2D eigenvalue weighted by atomic mass is 28.4. The molecule has 1 aromatic carbocycles. The molecule has 5 nitrogen and oxygen atoms in total. The third-order valence-electron chi connectivity index (χ3n) is 2.81. The van der Waals surface area contributed by atoms with Gasteiger partial charge in [0.25, 0.3) is 0 Å². The van der Waals surface area contributed by atoms with Crippen LogP contribution in [0.1, 0.15) is 6.42 Å². The number of nitrogen functional groups attached to an aromatic ring is 1. The van der Waals surface area contributed by atoms with Crippen LogP contribution in [0.4, 0.5) is 11.4 Å². The van der Waals surface area contributed by atoms with Crippen LogP contribution >= 0.6 is 0 Å². The topological polar surface area (TPSA) is 65.7 Å². The van der Waals surface area contributed by atoms with Gasteiger partial charge in [0, 0.05) is 45.3 Å². The SMILES string of the molecule is CO[Si](CCCNc1cccc(N)c1)(OC)OC. The monoisotopic (exact) mass is 270 g/mol. The molecule has 18 heavy (non-hydrogen) atoms. The molecular weight excluding hydrogens is 248 g/mol. The van der Waals surface area contributed by atoms with Crippen LogP contribution in [0.15, 0.2) is 24.3 Å². The van der Waals surface area contributed by atoms with Crippen molar-refractivity contribution in [3.8, 4) is 0 Å². The number of hydrogen-bond donors (Lipinski definition) is 2. The van der Waals surface area contributed by atoms with Gasteiger partial charge in [0.1, 0.15) is 0 Å². The van der Waals surface area contributed by atoms with E-state index in [1.807, 2.05) is 24.3 Å². The normalized spacial score (nSPS) is 11.5. The molecule has 0 aliphatic rings. The van der Waals surface area contributed by atoms with E-state index < -0.39 is 8.80 Å². The summed E-state index contributed by atoms with van der Waals surface area (Å²) < 4.78 is 16.1. The Hall–Kier alpha value is -1.08. The Balaban J connectivity index is 2.34. The number of rotatable bonds is 8. The van der Waals surface area contributed by atoms with E-state index in [4.69, 9.17) is 19.0 Å². The molecule has 0 amide bonds. The number of hydrogen-bond acceptors (Lipinski definition) is 5. The zero-order chi connectivity index (χ0) is 13.4. The third kappa shape index (κ3) is 4.30. The van der Waals surface area contributed by atoms with Gasteiger partial charge < -0.3 is 24.3 Å². The van der Waals surface area contributed by atoms with Crippen molar-refractivity contribution < 1.29 is 13.3 Å². The molecule has 0 saturated carbocycles. The van der Waals surface area contributed by atoms with Crippen molar-refractivity contribution in [3.05, 3.63) is 24.3 Å². The predicted molar refractivity (Wildman–Crippen MR) is 75.5 cm³/mol. The van der Waals surface area contributed by atoms with Gasteiger partial charge in [-0.15, -0.1) is 0 Å². The highest BCUT2D eigenvalue weighted by Gasteiger charge is 2.36. The molecule has 6 heteroatoms. The van der Waals surface area contributed by atoms with Crippen LogP contribution in [0, 0.1) is 0 Å². The summed E-state index contributed by atoms with van der Waals surface area (Å²) in [7, 11) is 2.46. The predicted octanol–water partition coefficient (Wildman–Crippen LogP) is 1.95. The van der Waals surface area contributed by atoms with Gasteiger partial charge in [0.05, 0.1) is 0 Å². The second kappa shape index (κ2) is 7.37. The van der Waals surface area contributed by atoms with E-state index >= 15 is 0 Å². The lowest BCUT2D eigenvalue weighted by Crippen LogP contribution is -2.42. The molecule has 0 spiro atoms. The highest BCUT2D eigenvalue weighted by molar-refractivity contribution is 6.60. The Morgan fingerprint density at radius 3 is 2.39 bits per heavy atom. The first-order valence-corrected chi connectivity index (χ1v) is 7.84. The fourth-order valence-corrected chi connectivity index (χ4v) is 3.46. The van der Waals surface area contributed by atoms with Crippen molar-refractivity contribution in [2.75, 3.05) is 38.9 Å². The summed E-state index contributed by atoms with van der Waals surface area (Å²) in [6.07, 6.45) is 0.913. The first kappa shape index (κ1) is 15.0. The molecule has 0 bridgehead atoms. The average Bonchev–Trinajstić information content (AvgIpc) is 2.40. The Bertz CT molecular complexity index is 351. The van der Waals surface area contributed by atoms with Gasteiger partial charge in [-0.3, -0.25) is 0 Å². The maximum atomic E-state index is 5.70. The summed E-state index contributed by atoms with van der Waals surface area (Å²) >= 11 is 0. The van der Waals surface area contributed by atoms with Gasteiger partial charge in [0.15, 0.2) is 0 Å². The standard InChI is InChI=1S/C12H22N2O3Si/c1-15-18(16-2,17-3)9-5-8-14-12-7-4-6-11(13)10-12/h4,6-7,10,14H,5,8-9,13H2,1-3H3. The number of nitrogens with two attached hydrogens (primary N) is 1. The van der Waals surface area contributed by atoms with E-state index in [0.29, 0.717) is 0 Å². The zero-order valence-electron chi connectivity index (χ0n) is 11.2. The number of nitrogens with one attached hydrogen (secondary N) is 1. The molecule has 0 heterocycles. The van der Waals surface area contributed by atoms with Crippen LogP contribution in [0.25, 0.3) is 0 Å². The first-order valence-electron chi connectivity index (χ1n) is 5.90. The summed E-state index contributed by atoms with van der Waals surface area (Å²) in [5.41, 5.74) is 7.48. The second-order valence-corrected chi connectivity index (χ2v) is 7.04. The smallest absolute Gasteiger partial charge is 0.399 e. The van der Waals surface area contributed by atoms with E-state index in [1.165, 1.54) is 0 Å². The fourth-order valence-electron chi connectivity index (χ4n) is 1.74. The molecule has 0 aliphatic heterocycles. The summed E-state index contributed by atoms with van der Waals surface area (Å²) in [6, 6.07) is 8.48. The van der Waals surface area contributed by atoms with Crippen LogP contribution < -0.4 is 11.1 Å². The van der Waals surface area contributed by atoms with E-state index in [9.17, 15) is 0 Å². The van der Waals surface area contributed by atoms with E-state index in [2.05, 4.69) is 5.32 Å². The lowest BCUT2D eigenvalue weighted by Gasteiger charge is -2.24. The van der Waals surface area contributed by atoms with Crippen molar-refractivity contribution in [3.63, 3.8) is 0 Å². The highest BCUT2D eigenvalue weighted by Crippen LogP contribution is 2.16. The number of anilines is 2. The van der Waals surface area contributed by atoms with E-state index in [0.717, 1.165) is 30.4 Å². The van der Waals surface area contributed by atoms with Crippen molar-refractivity contribution >= 4 is 20.2 Å². The lowest BCUT2D eigenvalue weighted by molar-refractivity contribution is 0.123. The van der Waals surface area contributed by atoms with Gasteiger partial charge in [-0.25, -0.2) is 0 Å². The zero-order valence-corrected chi connectivity index (χ0v) is 12.2. The van der Waals surface area contributed by atoms with E-state index in [-0.39, 0.29) is 0 Å². The van der Waals surface area contributed by atoms with Crippen LogP contribution in [-0.4, -0.2) is 36.7 Å². The molecular formula is C12H22N2O3Si. The number of benzene rings is 1. The van der Waals surface area contributed by atoms with E-state index in [1.54, 1.807) is 21.3 Å². The minimum Gasteiger partial charge on any atom is -0.399 e. The maximum Gasteiger partial charge on any atom is 0.500 e. The largest absolute Gasteiger partial charge is 0.500 e. The molecule has 1 aromatic rings. The van der Waals surface area contributed by atoms with Gasteiger partial charge in [-0.2, -0.15) is 0 Å². The maximum absolute atomic E-state index is 5.70. The molecule has 0 aliphatic carbocycles. The molecule has 1 rings (SSSR count). The Morgan fingerprint density at radius 1 is 1.17 bits per heavy atom. The van der Waals surface area contributed by atoms with Gasteiger partial charge in [-0.05, 0) is 24.6 Å². The second-order valence-electron chi connectivity index (χ2n) is 3.95. The van der Waals surface area contributed by atoms with Gasteiger partial charge >= 0.3 is 8.80 Å². The molecule has 3 N–H and O–H groups in total.